The highest BCUT2D eigenvalue weighted by atomic mass is 16.5. The summed E-state index contributed by atoms with van der Waals surface area (Å²) in [5, 5.41) is 0. The molecule has 2 atom stereocenters. The van der Waals surface area contributed by atoms with Gasteiger partial charge in [0.25, 0.3) is 0 Å². The molecule has 0 radical (unpaired) electrons. The van der Waals surface area contributed by atoms with Crippen molar-refractivity contribution in [1.29, 1.82) is 0 Å². The Kier molecular flexibility index (Phi) is 3.43. The van der Waals surface area contributed by atoms with Crippen LogP contribution >= 0.6 is 0 Å². The number of hydrogen-bond acceptors (Lipinski definition) is 4. The zero-order valence-electron chi connectivity index (χ0n) is 12.2. The summed E-state index contributed by atoms with van der Waals surface area (Å²) in [4.78, 5) is 15.0. The second-order valence-electron chi connectivity index (χ2n) is 6.32. The standard InChI is InChI=1S/C17H21NO3/c19-17(16-10-18-8-2-4-13(18)11-20-16)12-3-1-5-15(9-12)21-14-6-7-14/h1,3,5,9,13-14,16H,2,4,6-8,10-11H2. The maximum Gasteiger partial charge on any atom is 0.193 e. The van der Waals surface area contributed by atoms with Crippen LogP contribution in [0.25, 0.3) is 0 Å². The van der Waals surface area contributed by atoms with Crippen molar-refractivity contribution in [3.63, 3.8) is 0 Å². The molecular weight excluding hydrogens is 266 g/mol. The minimum absolute atomic E-state index is 0.0848. The minimum atomic E-state index is -0.324. The van der Waals surface area contributed by atoms with Gasteiger partial charge in [-0.15, -0.1) is 0 Å². The minimum Gasteiger partial charge on any atom is -0.490 e. The number of nitrogens with zero attached hydrogens (tertiary/aromatic N) is 1. The Morgan fingerprint density at radius 3 is 3.05 bits per heavy atom. The highest BCUT2D eigenvalue weighted by molar-refractivity contribution is 6.00. The molecule has 4 heteroatoms. The maximum atomic E-state index is 12.6. The molecule has 3 fully saturated rings. The van der Waals surface area contributed by atoms with Crippen LogP contribution < -0.4 is 4.74 Å². The van der Waals surface area contributed by atoms with Crippen molar-refractivity contribution in [3.05, 3.63) is 29.8 Å². The Morgan fingerprint density at radius 2 is 2.19 bits per heavy atom. The van der Waals surface area contributed by atoms with Crippen LogP contribution in [0.3, 0.4) is 0 Å². The maximum absolute atomic E-state index is 12.6. The van der Waals surface area contributed by atoms with Gasteiger partial charge in [0.2, 0.25) is 0 Å². The van der Waals surface area contributed by atoms with Crippen molar-refractivity contribution < 1.29 is 14.3 Å². The molecule has 3 aliphatic rings. The second-order valence-corrected chi connectivity index (χ2v) is 6.32. The van der Waals surface area contributed by atoms with Gasteiger partial charge in [0.05, 0.1) is 12.7 Å². The van der Waals surface area contributed by atoms with E-state index in [1.807, 2.05) is 24.3 Å². The van der Waals surface area contributed by atoms with Gasteiger partial charge in [0, 0.05) is 18.2 Å². The molecule has 1 saturated carbocycles. The van der Waals surface area contributed by atoms with E-state index < -0.39 is 0 Å². The summed E-state index contributed by atoms with van der Waals surface area (Å²) in [6.07, 6.45) is 4.70. The van der Waals surface area contributed by atoms with Crippen molar-refractivity contribution in [2.45, 2.75) is 43.9 Å². The fourth-order valence-electron chi connectivity index (χ4n) is 3.26. The molecule has 1 aliphatic carbocycles. The molecule has 112 valence electrons. The van der Waals surface area contributed by atoms with E-state index in [9.17, 15) is 4.79 Å². The average molecular weight is 287 g/mol. The molecule has 1 aromatic rings. The first-order valence-corrected chi connectivity index (χ1v) is 7.96. The number of carbonyl (C=O) groups is 1. The lowest BCUT2D eigenvalue weighted by molar-refractivity contribution is -0.0344. The van der Waals surface area contributed by atoms with Crippen LogP contribution in [0.5, 0.6) is 5.75 Å². The fraction of sp³-hybridized carbons (Fsp3) is 0.588. The molecular formula is C17H21NO3. The first kappa shape index (κ1) is 13.3. The molecule has 0 spiro atoms. The third kappa shape index (κ3) is 2.83. The first-order chi connectivity index (χ1) is 10.3. The Hall–Kier alpha value is -1.39. The van der Waals surface area contributed by atoms with Crippen LogP contribution in [0.2, 0.25) is 0 Å². The number of carbonyl (C=O) groups excluding carboxylic acids is 1. The van der Waals surface area contributed by atoms with Gasteiger partial charge in [-0.05, 0) is 44.4 Å². The van der Waals surface area contributed by atoms with E-state index >= 15 is 0 Å². The lowest BCUT2D eigenvalue weighted by Crippen LogP contribution is -2.49. The largest absolute Gasteiger partial charge is 0.490 e. The highest BCUT2D eigenvalue weighted by Gasteiger charge is 2.35. The van der Waals surface area contributed by atoms with Crippen LogP contribution in [0, 0.1) is 0 Å². The Labute approximate surface area is 125 Å². The zero-order chi connectivity index (χ0) is 14.2. The molecule has 4 nitrogen and oxygen atoms in total. The molecule has 0 aromatic heterocycles. The van der Waals surface area contributed by atoms with E-state index in [0.717, 1.165) is 31.7 Å². The van der Waals surface area contributed by atoms with Crippen LogP contribution in [0.4, 0.5) is 0 Å². The van der Waals surface area contributed by atoms with E-state index in [4.69, 9.17) is 9.47 Å². The van der Waals surface area contributed by atoms with Crippen molar-refractivity contribution in [1.82, 2.24) is 4.90 Å². The predicted molar refractivity (Wildman–Crippen MR) is 78.8 cm³/mol. The summed E-state index contributed by atoms with van der Waals surface area (Å²) >= 11 is 0. The fourth-order valence-corrected chi connectivity index (χ4v) is 3.26. The molecule has 2 unspecified atom stereocenters. The van der Waals surface area contributed by atoms with Gasteiger partial charge in [-0.1, -0.05) is 12.1 Å². The van der Waals surface area contributed by atoms with E-state index in [-0.39, 0.29) is 11.9 Å². The number of ketones is 1. The Bertz CT molecular complexity index is 541. The van der Waals surface area contributed by atoms with Crippen molar-refractivity contribution >= 4 is 5.78 Å². The van der Waals surface area contributed by atoms with Gasteiger partial charge < -0.3 is 9.47 Å². The summed E-state index contributed by atoms with van der Waals surface area (Å²) in [5.41, 5.74) is 0.704. The number of fused-ring (bicyclic) bond motifs is 1. The molecule has 2 heterocycles. The summed E-state index contributed by atoms with van der Waals surface area (Å²) in [6.45, 7) is 2.52. The number of hydrogen-bond donors (Lipinski definition) is 0. The van der Waals surface area contributed by atoms with Gasteiger partial charge in [-0.2, -0.15) is 0 Å². The summed E-state index contributed by atoms with van der Waals surface area (Å²) in [7, 11) is 0. The van der Waals surface area contributed by atoms with Crippen LogP contribution in [-0.2, 0) is 4.74 Å². The molecule has 1 aromatic carbocycles. The van der Waals surface area contributed by atoms with E-state index in [1.165, 1.54) is 12.8 Å². The van der Waals surface area contributed by atoms with Crippen LogP contribution in [0.15, 0.2) is 24.3 Å². The lowest BCUT2D eigenvalue weighted by Gasteiger charge is -2.34. The van der Waals surface area contributed by atoms with Crippen molar-refractivity contribution in [2.75, 3.05) is 19.7 Å². The normalized spacial score (nSPS) is 29.1. The number of benzene rings is 1. The molecule has 21 heavy (non-hydrogen) atoms. The van der Waals surface area contributed by atoms with Crippen LogP contribution in [0.1, 0.15) is 36.0 Å². The topological polar surface area (TPSA) is 38.8 Å². The lowest BCUT2D eigenvalue weighted by atomic mass is 10.0. The highest BCUT2D eigenvalue weighted by Crippen LogP contribution is 2.28. The van der Waals surface area contributed by atoms with E-state index in [2.05, 4.69) is 4.90 Å². The Balaban J connectivity index is 1.46. The Morgan fingerprint density at radius 1 is 1.29 bits per heavy atom. The smallest absolute Gasteiger partial charge is 0.193 e. The SMILES string of the molecule is O=C(c1cccc(OC2CC2)c1)C1CN2CCCC2CO1. The zero-order valence-corrected chi connectivity index (χ0v) is 12.2. The summed E-state index contributed by atoms with van der Waals surface area (Å²) in [6, 6.07) is 8.07. The molecule has 4 rings (SSSR count). The number of rotatable bonds is 4. The average Bonchev–Trinajstić information content (AvgIpc) is 3.20. The van der Waals surface area contributed by atoms with Gasteiger partial charge in [0.1, 0.15) is 11.9 Å². The number of Topliss-reactive ketones (excluding diaryl/α,β-unsaturated/α-hetero) is 1. The number of morpholine rings is 1. The predicted octanol–water partition coefficient (Wildman–Crippen LogP) is 2.27. The molecule has 0 N–H and O–H groups in total. The van der Waals surface area contributed by atoms with E-state index in [0.29, 0.717) is 24.3 Å². The van der Waals surface area contributed by atoms with Crippen molar-refractivity contribution in [3.8, 4) is 5.75 Å². The van der Waals surface area contributed by atoms with Gasteiger partial charge in [0.15, 0.2) is 5.78 Å². The molecule has 2 saturated heterocycles. The van der Waals surface area contributed by atoms with Crippen LogP contribution in [-0.4, -0.2) is 48.6 Å². The third-order valence-corrected chi connectivity index (χ3v) is 4.63. The van der Waals surface area contributed by atoms with Crippen molar-refractivity contribution in [2.24, 2.45) is 0 Å². The molecule has 0 bridgehead atoms. The summed E-state index contributed by atoms with van der Waals surface area (Å²) in [5.74, 6) is 0.889. The molecule has 2 aliphatic heterocycles. The van der Waals surface area contributed by atoms with Gasteiger partial charge in [-0.3, -0.25) is 9.69 Å². The summed E-state index contributed by atoms with van der Waals surface area (Å²) < 4.78 is 11.6. The quantitative estimate of drug-likeness (QED) is 0.796. The first-order valence-electron chi connectivity index (χ1n) is 7.96. The third-order valence-electron chi connectivity index (χ3n) is 4.63. The molecule has 0 amide bonds. The van der Waals surface area contributed by atoms with Gasteiger partial charge >= 0.3 is 0 Å². The monoisotopic (exact) mass is 287 g/mol. The number of ether oxygens (including phenoxy) is 2. The van der Waals surface area contributed by atoms with Gasteiger partial charge in [-0.25, -0.2) is 0 Å². The van der Waals surface area contributed by atoms with E-state index in [1.54, 1.807) is 0 Å². The second kappa shape index (κ2) is 5.43.